The van der Waals surface area contributed by atoms with E-state index in [1.54, 1.807) is 48.5 Å². The van der Waals surface area contributed by atoms with Crippen molar-refractivity contribution in [2.75, 3.05) is 22.9 Å². The third-order valence-electron chi connectivity index (χ3n) is 7.35. The van der Waals surface area contributed by atoms with Gasteiger partial charge in [0.25, 0.3) is 5.91 Å². The monoisotopic (exact) mass is 456 g/mol. The number of carbonyl (C=O) groups is 2. The molecule has 1 amide bonds. The van der Waals surface area contributed by atoms with Gasteiger partial charge in [-0.15, -0.1) is 0 Å². The third-order valence-corrected chi connectivity index (χ3v) is 8.77. The molecule has 0 spiro atoms. The van der Waals surface area contributed by atoms with Crippen LogP contribution in [0.15, 0.2) is 48.5 Å². The fourth-order valence-electron chi connectivity index (χ4n) is 5.28. The fraction of sp³-hybridized carbons (Fsp3) is 0.417. The summed E-state index contributed by atoms with van der Waals surface area (Å²) in [5.41, 5.74) is 0.135. The second-order valence-corrected chi connectivity index (χ2v) is 11.0. The van der Waals surface area contributed by atoms with Gasteiger partial charge in [0.1, 0.15) is 11.5 Å². The maximum absolute atomic E-state index is 12.9. The first-order valence-electron chi connectivity index (χ1n) is 10.7. The predicted molar refractivity (Wildman–Crippen MR) is 123 cm³/mol. The number of fused-ring (bicyclic) bond motifs is 2. The van der Waals surface area contributed by atoms with Gasteiger partial charge in [-0.2, -0.15) is 0 Å². The Kier molecular flexibility index (Phi) is 5.53. The number of anilines is 2. The van der Waals surface area contributed by atoms with Gasteiger partial charge >= 0.3 is 0 Å². The maximum Gasteiger partial charge on any atom is 0.255 e. The molecule has 170 valence electrons. The number of rotatable bonds is 7. The highest BCUT2D eigenvalue weighted by molar-refractivity contribution is 7.92. The standard InChI is InChI=1S/C24H28N2O5S/c1-23(2)17-12-13-24(23,21(27)14-17)15-32(29,30)26-18-10-8-16(9-11-18)22(28)25-19-6-4-5-7-20(19)31-3/h4-11,17,26H,12-15H2,1-3H3,(H,25,28)/t17-,24-/m0/s1. The Hall–Kier alpha value is -2.87. The number of para-hydroxylation sites is 2. The number of carbonyl (C=O) groups excluding carboxylic acids is 2. The molecule has 0 radical (unpaired) electrons. The van der Waals surface area contributed by atoms with E-state index in [1.807, 2.05) is 13.8 Å². The number of ether oxygens (including phenoxy) is 1. The van der Waals surface area contributed by atoms with E-state index < -0.39 is 15.4 Å². The van der Waals surface area contributed by atoms with E-state index in [-0.39, 0.29) is 28.8 Å². The molecule has 7 nitrogen and oxygen atoms in total. The van der Waals surface area contributed by atoms with Gasteiger partial charge in [-0.05, 0) is 60.6 Å². The Morgan fingerprint density at radius 1 is 1.12 bits per heavy atom. The Labute approximate surface area is 188 Å². The Morgan fingerprint density at radius 3 is 2.41 bits per heavy atom. The molecular weight excluding hydrogens is 428 g/mol. The van der Waals surface area contributed by atoms with Crippen LogP contribution in [-0.4, -0.2) is 33.0 Å². The van der Waals surface area contributed by atoms with E-state index >= 15 is 0 Å². The van der Waals surface area contributed by atoms with E-state index in [0.717, 1.165) is 6.42 Å². The van der Waals surface area contributed by atoms with Crippen LogP contribution in [0.3, 0.4) is 0 Å². The lowest BCUT2D eigenvalue weighted by molar-refractivity contribution is -0.128. The number of methoxy groups -OCH3 is 1. The summed E-state index contributed by atoms with van der Waals surface area (Å²) in [5.74, 6) is 0.318. The smallest absolute Gasteiger partial charge is 0.255 e. The quantitative estimate of drug-likeness (QED) is 0.654. The summed E-state index contributed by atoms with van der Waals surface area (Å²) < 4.78 is 33.7. The molecule has 0 unspecified atom stereocenters. The SMILES string of the molecule is COc1ccccc1NC(=O)c1ccc(NS(=O)(=O)C[C@@]23CC[C@@H](CC2=O)C3(C)C)cc1. The molecule has 2 atom stereocenters. The number of ketones is 1. The first-order valence-corrected chi connectivity index (χ1v) is 12.3. The summed E-state index contributed by atoms with van der Waals surface area (Å²) in [4.78, 5) is 25.2. The molecule has 0 aliphatic heterocycles. The number of Topliss-reactive ketones (excluding diaryl/α,β-unsaturated/α-hetero) is 1. The van der Waals surface area contributed by atoms with Gasteiger partial charge < -0.3 is 10.1 Å². The van der Waals surface area contributed by atoms with Crippen LogP contribution in [0.2, 0.25) is 0 Å². The zero-order valence-electron chi connectivity index (χ0n) is 18.5. The van der Waals surface area contributed by atoms with Crippen LogP contribution >= 0.6 is 0 Å². The van der Waals surface area contributed by atoms with Crippen molar-refractivity contribution in [1.82, 2.24) is 0 Å². The molecular formula is C24H28N2O5S. The van der Waals surface area contributed by atoms with Crippen molar-refractivity contribution in [2.24, 2.45) is 16.7 Å². The Morgan fingerprint density at radius 2 is 1.81 bits per heavy atom. The average molecular weight is 457 g/mol. The summed E-state index contributed by atoms with van der Waals surface area (Å²) in [6.07, 6.45) is 1.98. The van der Waals surface area contributed by atoms with Crippen LogP contribution in [0.1, 0.15) is 43.5 Å². The van der Waals surface area contributed by atoms with Gasteiger partial charge in [-0.3, -0.25) is 14.3 Å². The van der Waals surface area contributed by atoms with Crippen LogP contribution in [0.25, 0.3) is 0 Å². The van der Waals surface area contributed by atoms with Crippen LogP contribution < -0.4 is 14.8 Å². The molecule has 0 heterocycles. The molecule has 2 aliphatic carbocycles. The fourth-order valence-corrected chi connectivity index (χ4v) is 7.17. The molecule has 2 aromatic carbocycles. The molecule has 2 aliphatic rings. The molecule has 0 aromatic heterocycles. The number of amides is 1. The lowest BCUT2D eigenvalue weighted by Gasteiger charge is -2.36. The van der Waals surface area contributed by atoms with Crippen LogP contribution in [-0.2, 0) is 14.8 Å². The minimum absolute atomic E-state index is 0.0625. The molecule has 2 fully saturated rings. The molecule has 2 N–H and O–H groups in total. The topological polar surface area (TPSA) is 102 Å². The lowest BCUT2D eigenvalue weighted by atomic mass is 9.70. The van der Waals surface area contributed by atoms with E-state index in [9.17, 15) is 18.0 Å². The highest BCUT2D eigenvalue weighted by Gasteiger charge is 2.65. The van der Waals surface area contributed by atoms with E-state index in [1.165, 1.54) is 7.11 Å². The normalized spacial score (nSPS) is 23.7. The summed E-state index contributed by atoms with van der Waals surface area (Å²) in [6.45, 7) is 4.03. The van der Waals surface area contributed by atoms with Crippen molar-refractivity contribution in [1.29, 1.82) is 0 Å². The summed E-state index contributed by atoms with van der Waals surface area (Å²) in [7, 11) is -2.22. The van der Waals surface area contributed by atoms with Crippen molar-refractivity contribution >= 4 is 33.1 Å². The summed E-state index contributed by atoms with van der Waals surface area (Å²) >= 11 is 0. The molecule has 2 saturated carbocycles. The van der Waals surface area contributed by atoms with Crippen molar-refractivity contribution in [2.45, 2.75) is 33.1 Å². The molecule has 8 heteroatoms. The summed E-state index contributed by atoms with van der Waals surface area (Å²) in [6, 6.07) is 13.3. The van der Waals surface area contributed by atoms with Crippen molar-refractivity contribution in [3.63, 3.8) is 0 Å². The van der Waals surface area contributed by atoms with Crippen molar-refractivity contribution < 1.29 is 22.7 Å². The third kappa shape index (κ3) is 3.77. The molecule has 4 rings (SSSR count). The van der Waals surface area contributed by atoms with Crippen LogP contribution in [0, 0.1) is 16.7 Å². The van der Waals surface area contributed by atoms with E-state index in [4.69, 9.17) is 4.74 Å². The van der Waals surface area contributed by atoms with Gasteiger partial charge in [0.05, 0.1) is 24.0 Å². The zero-order chi connectivity index (χ0) is 23.1. The van der Waals surface area contributed by atoms with Gasteiger partial charge in [-0.25, -0.2) is 8.42 Å². The Balaban J connectivity index is 1.45. The van der Waals surface area contributed by atoms with Gasteiger partial charge in [0.2, 0.25) is 10.0 Å². The van der Waals surface area contributed by atoms with Crippen LogP contribution in [0.5, 0.6) is 5.75 Å². The highest BCUT2D eigenvalue weighted by atomic mass is 32.2. The number of nitrogens with one attached hydrogen (secondary N) is 2. The minimum atomic E-state index is -3.74. The first kappa shape index (κ1) is 22.3. The zero-order valence-corrected chi connectivity index (χ0v) is 19.3. The second kappa shape index (κ2) is 7.92. The number of benzene rings is 2. The number of sulfonamides is 1. The van der Waals surface area contributed by atoms with E-state index in [0.29, 0.717) is 35.5 Å². The van der Waals surface area contributed by atoms with Gasteiger partial charge in [-0.1, -0.05) is 26.0 Å². The largest absolute Gasteiger partial charge is 0.495 e. The highest BCUT2D eigenvalue weighted by Crippen LogP contribution is 2.64. The summed E-state index contributed by atoms with van der Waals surface area (Å²) in [5, 5.41) is 2.78. The van der Waals surface area contributed by atoms with Crippen LogP contribution in [0.4, 0.5) is 11.4 Å². The first-order chi connectivity index (χ1) is 15.1. The second-order valence-electron chi connectivity index (χ2n) is 9.26. The van der Waals surface area contributed by atoms with E-state index in [2.05, 4.69) is 10.0 Å². The lowest BCUT2D eigenvalue weighted by Crippen LogP contribution is -2.43. The number of hydrogen-bond donors (Lipinski definition) is 2. The average Bonchev–Trinajstić information content (AvgIpc) is 3.08. The van der Waals surface area contributed by atoms with Gasteiger partial charge in [0, 0.05) is 17.7 Å². The van der Waals surface area contributed by atoms with Crippen molar-refractivity contribution in [3.05, 3.63) is 54.1 Å². The van der Waals surface area contributed by atoms with Crippen molar-refractivity contribution in [3.8, 4) is 5.75 Å². The predicted octanol–water partition coefficient (Wildman–Crippen LogP) is 4.08. The van der Waals surface area contributed by atoms with Gasteiger partial charge in [0.15, 0.2) is 0 Å². The minimum Gasteiger partial charge on any atom is -0.495 e. The molecule has 32 heavy (non-hydrogen) atoms. The Bertz CT molecular complexity index is 1160. The molecule has 2 bridgehead atoms. The molecule has 0 saturated heterocycles. The number of hydrogen-bond acceptors (Lipinski definition) is 5. The molecule has 2 aromatic rings. The maximum atomic E-state index is 12.9.